The molecule has 0 atom stereocenters. The van der Waals surface area contributed by atoms with Crippen molar-refractivity contribution >= 4 is 17.8 Å². The molecule has 1 spiro atoms. The third-order valence-corrected chi connectivity index (χ3v) is 6.12. The molecule has 0 radical (unpaired) electrons. The summed E-state index contributed by atoms with van der Waals surface area (Å²) in [6, 6.07) is 10.9. The van der Waals surface area contributed by atoms with Crippen LogP contribution < -0.4 is 18.9 Å². The molecule has 0 N–H and O–H groups in total. The SMILES string of the molecule is COc1ccc(/C=C/C(=O)N2CCC3(CC2)CC(=O)c2ccc(OC)c(OC)c2O3)cc1. The van der Waals surface area contributed by atoms with Crippen LogP contribution in [-0.2, 0) is 4.79 Å². The van der Waals surface area contributed by atoms with Crippen molar-refractivity contribution in [2.45, 2.75) is 24.9 Å². The van der Waals surface area contributed by atoms with Gasteiger partial charge in [-0.1, -0.05) is 12.1 Å². The Morgan fingerprint density at radius 1 is 1.00 bits per heavy atom. The number of piperidine rings is 1. The summed E-state index contributed by atoms with van der Waals surface area (Å²) in [5, 5.41) is 0. The van der Waals surface area contributed by atoms with E-state index in [-0.39, 0.29) is 11.7 Å². The van der Waals surface area contributed by atoms with E-state index in [1.54, 1.807) is 43.4 Å². The Hall–Kier alpha value is -3.48. The molecule has 0 unspecified atom stereocenters. The van der Waals surface area contributed by atoms with Crippen molar-refractivity contribution in [2.75, 3.05) is 34.4 Å². The van der Waals surface area contributed by atoms with Gasteiger partial charge in [-0.15, -0.1) is 0 Å². The van der Waals surface area contributed by atoms with E-state index in [1.807, 2.05) is 24.3 Å². The zero-order valence-electron chi connectivity index (χ0n) is 18.6. The number of hydrogen-bond acceptors (Lipinski definition) is 6. The van der Waals surface area contributed by atoms with Gasteiger partial charge in [-0.25, -0.2) is 0 Å². The first-order chi connectivity index (χ1) is 15.5. The number of nitrogens with zero attached hydrogens (tertiary/aromatic N) is 1. The van der Waals surface area contributed by atoms with Crippen LogP contribution in [0.2, 0.25) is 0 Å². The second-order valence-electron chi connectivity index (χ2n) is 7.99. The van der Waals surface area contributed by atoms with Crippen LogP contribution in [0.25, 0.3) is 6.08 Å². The van der Waals surface area contributed by atoms with Crippen LogP contribution in [0.5, 0.6) is 23.0 Å². The van der Waals surface area contributed by atoms with Gasteiger partial charge in [0.1, 0.15) is 11.4 Å². The van der Waals surface area contributed by atoms with Crippen LogP contribution in [0.3, 0.4) is 0 Å². The van der Waals surface area contributed by atoms with E-state index >= 15 is 0 Å². The second-order valence-corrected chi connectivity index (χ2v) is 7.99. The number of likely N-dealkylation sites (tertiary alicyclic amines) is 1. The average molecular weight is 437 g/mol. The van der Waals surface area contributed by atoms with Gasteiger partial charge in [0.2, 0.25) is 11.7 Å². The Bertz CT molecular complexity index is 1040. The van der Waals surface area contributed by atoms with Gasteiger partial charge in [0.25, 0.3) is 0 Å². The Kier molecular flexibility index (Phi) is 6.08. The number of benzene rings is 2. The van der Waals surface area contributed by atoms with Gasteiger partial charge in [0.15, 0.2) is 17.3 Å². The van der Waals surface area contributed by atoms with Crippen LogP contribution in [-0.4, -0.2) is 56.6 Å². The molecule has 0 saturated carbocycles. The minimum absolute atomic E-state index is 0.0198. The lowest BCUT2D eigenvalue weighted by Gasteiger charge is -2.44. The number of hydrogen-bond donors (Lipinski definition) is 0. The average Bonchev–Trinajstić information content (AvgIpc) is 2.82. The van der Waals surface area contributed by atoms with Crippen molar-refractivity contribution in [3.8, 4) is 23.0 Å². The number of carbonyl (C=O) groups excluding carboxylic acids is 2. The standard InChI is InChI=1S/C25H27NO6/c1-29-18-7-4-17(5-8-18)6-11-22(28)26-14-12-25(13-15-26)16-20(27)19-9-10-21(30-2)24(31-3)23(19)32-25/h4-11H,12-16H2,1-3H3/b11-6+. The van der Waals surface area contributed by atoms with E-state index < -0.39 is 5.60 Å². The predicted molar refractivity (Wildman–Crippen MR) is 120 cm³/mol. The molecule has 1 fully saturated rings. The van der Waals surface area contributed by atoms with E-state index in [4.69, 9.17) is 18.9 Å². The second kappa shape index (κ2) is 8.94. The Balaban J connectivity index is 1.44. The lowest BCUT2D eigenvalue weighted by atomic mass is 9.82. The highest BCUT2D eigenvalue weighted by Crippen LogP contribution is 2.47. The van der Waals surface area contributed by atoms with Crippen molar-refractivity contribution in [1.82, 2.24) is 4.90 Å². The van der Waals surface area contributed by atoms with E-state index in [9.17, 15) is 9.59 Å². The minimum Gasteiger partial charge on any atom is -0.497 e. The summed E-state index contributed by atoms with van der Waals surface area (Å²) in [5.41, 5.74) is 0.793. The summed E-state index contributed by atoms with van der Waals surface area (Å²) in [6.45, 7) is 1.03. The summed E-state index contributed by atoms with van der Waals surface area (Å²) in [4.78, 5) is 27.3. The molecule has 32 heavy (non-hydrogen) atoms. The van der Waals surface area contributed by atoms with Crippen molar-refractivity contribution in [1.29, 1.82) is 0 Å². The molecule has 0 aliphatic carbocycles. The molecule has 7 heteroatoms. The van der Waals surface area contributed by atoms with E-state index in [1.165, 1.54) is 7.11 Å². The fourth-order valence-electron chi connectivity index (χ4n) is 4.26. The highest BCUT2D eigenvalue weighted by Gasteiger charge is 2.45. The number of Topliss-reactive ketones (excluding diaryl/α,β-unsaturated/α-hetero) is 1. The first-order valence-corrected chi connectivity index (χ1v) is 10.6. The molecule has 0 bridgehead atoms. The molecule has 2 aromatic rings. The summed E-state index contributed by atoms with van der Waals surface area (Å²) < 4.78 is 22.4. The molecular weight excluding hydrogens is 410 g/mol. The van der Waals surface area contributed by atoms with Crippen LogP contribution in [0.1, 0.15) is 35.2 Å². The number of fused-ring (bicyclic) bond motifs is 1. The zero-order valence-corrected chi connectivity index (χ0v) is 18.6. The fraction of sp³-hybridized carbons (Fsp3) is 0.360. The monoisotopic (exact) mass is 437 g/mol. The number of ether oxygens (including phenoxy) is 4. The Morgan fingerprint density at radius 2 is 1.72 bits per heavy atom. The lowest BCUT2D eigenvalue weighted by Crippen LogP contribution is -2.52. The number of amides is 1. The van der Waals surface area contributed by atoms with Gasteiger partial charge in [-0.05, 0) is 35.9 Å². The molecule has 1 amide bonds. The van der Waals surface area contributed by atoms with Crippen LogP contribution >= 0.6 is 0 Å². The maximum absolute atomic E-state index is 12.9. The predicted octanol–water partition coefficient (Wildman–Crippen LogP) is 3.75. The van der Waals surface area contributed by atoms with Gasteiger partial charge >= 0.3 is 0 Å². The van der Waals surface area contributed by atoms with Crippen molar-refractivity contribution in [3.63, 3.8) is 0 Å². The van der Waals surface area contributed by atoms with Gasteiger partial charge in [-0.2, -0.15) is 0 Å². The third-order valence-electron chi connectivity index (χ3n) is 6.12. The summed E-state index contributed by atoms with van der Waals surface area (Å²) in [5.74, 6) is 2.12. The summed E-state index contributed by atoms with van der Waals surface area (Å²) in [6.07, 6.45) is 4.80. The molecule has 2 aliphatic heterocycles. The molecule has 7 nitrogen and oxygen atoms in total. The maximum atomic E-state index is 12.9. The summed E-state index contributed by atoms with van der Waals surface area (Å²) in [7, 11) is 4.70. The number of carbonyl (C=O) groups is 2. The largest absolute Gasteiger partial charge is 0.497 e. The highest BCUT2D eigenvalue weighted by molar-refractivity contribution is 6.01. The van der Waals surface area contributed by atoms with Crippen LogP contribution in [0.4, 0.5) is 0 Å². The number of rotatable bonds is 5. The van der Waals surface area contributed by atoms with Crippen molar-refractivity contribution < 1.29 is 28.5 Å². The molecule has 4 rings (SSSR count). The van der Waals surface area contributed by atoms with Gasteiger partial charge < -0.3 is 23.8 Å². The van der Waals surface area contributed by atoms with E-state index in [2.05, 4.69) is 0 Å². The van der Waals surface area contributed by atoms with Crippen molar-refractivity contribution in [3.05, 3.63) is 53.6 Å². The maximum Gasteiger partial charge on any atom is 0.246 e. The molecule has 2 aliphatic rings. The zero-order chi connectivity index (χ0) is 22.7. The van der Waals surface area contributed by atoms with E-state index in [0.717, 1.165) is 11.3 Å². The Labute approximate surface area is 187 Å². The number of ketones is 1. The van der Waals surface area contributed by atoms with Crippen LogP contribution in [0, 0.1) is 0 Å². The topological polar surface area (TPSA) is 74.3 Å². The van der Waals surface area contributed by atoms with Gasteiger partial charge in [0, 0.05) is 32.0 Å². The molecular formula is C25H27NO6. The van der Waals surface area contributed by atoms with Crippen molar-refractivity contribution in [2.24, 2.45) is 0 Å². The first kappa shape index (κ1) is 21.7. The first-order valence-electron chi connectivity index (χ1n) is 10.6. The summed E-state index contributed by atoms with van der Waals surface area (Å²) >= 11 is 0. The van der Waals surface area contributed by atoms with Gasteiger partial charge in [-0.3, -0.25) is 9.59 Å². The van der Waals surface area contributed by atoms with Crippen LogP contribution in [0.15, 0.2) is 42.5 Å². The third kappa shape index (κ3) is 4.15. The van der Waals surface area contributed by atoms with Gasteiger partial charge in [0.05, 0.1) is 33.3 Å². The molecule has 168 valence electrons. The quantitative estimate of drug-likeness (QED) is 0.664. The van der Waals surface area contributed by atoms with E-state index in [0.29, 0.717) is 55.2 Å². The number of methoxy groups -OCH3 is 3. The molecule has 2 aromatic carbocycles. The molecule has 1 saturated heterocycles. The smallest absolute Gasteiger partial charge is 0.246 e. The minimum atomic E-state index is -0.639. The lowest BCUT2D eigenvalue weighted by molar-refractivity contribution is -0.129. The highest BCUT2D eigenvalue weighted by atomic mass is 16.5. The normalized spacial score (nSPS) is 17.1. The molecule has 0 aromatic heterocycles. The molecule has 2 heterocycles. The fourth-order valence-corrected chi connectivity index (χ4v) is 4.26. The Morgan fingerprint density at radius 3 is 2.34 bits per heavy atom.